The van der Waals surface area contributed by atoms with Crippen LogP contribution in [0, 0.1) is 0 Å². The molecule has 0 radical (unpaired) electrons. The van der Waals surface area contributed by atoms with Crippen molar-refractivity contribution >= 4 is 12.0 Å². The van der Waals surface area contributed by atoms with Gasteiger partial charge in [-0.15, -0.1) is 0 Å². The number of aliphatic hydroxyl groups is 1. The molecular formula is C21H25NO4. The SMILES string of the molecule is C/C=C/c1ccc(OCC(=O)N(CCO)Cc2ccccc2)c(OC)c1. The standard InChI is InChI=1S/C21H25NO4/c1-3-7-17-10-11-19(20(14-17)25-2)26-16-21(24)22(12-13-23)15-18-8-5-4-6-9-18/h3-11,14,23H,12-13,15-16H2,1-2H3/b7-3+. The molecule has 1 amide bonds. The number of methoxy groups -OCH3 is 1. The first-order valence-electron chi connectivity index (χ1n) is 8.54. The average molecular weight is 355 g/mol. The van der Waals surface area contributed by atoms with E-state index in [1.54, 1.807) is 18.1 Å². The van der Waals surface area contributed by atoms with Crippen LogP contribution in [0.25, 0.3) is 6.08 Å². The monoisotopic (exact) mass is 355 g/mol. The normalized spacial score (nSPS) is 10.7. The minimum Gasteiger partial charge on any atom is -0.493 e. The van der Waals surface area contributed by atoms with E-state index in [0.29, 0.717) is 18.0 Å². The van der Waals surface area contributed by atoms with Crippen LogP contribution in [0.4, 0.5) is 0 Å². The first-order chi connectivity index (χ1) is 12.7. The zero-order valence-electron chi connectivity index (χ0n) is 15.2. The fraction of sp³-hybridized carbons (Fsp3) is 0.286. The lowest BCUT2D eigenvalue weighted by Crippen LogP contribution is -2.36. The lowest BCUT2D eigenvalue weighted by atomic mass is 10.2. The Balaban J connectivity index is 2.03. The number of hydrogen-bond donors (Lipinski definition) is 1. The van der Waals surface area contributed by atoms with Gasteiger partial charge in [0.15, 0.2) is 18.1 Å². The van der Waals surface area contributed by atoms with Crippen LogP contribution in [-0.2, 0) is 11.3 Å². The van der Waals surface area contributed by atoms with Gasteiger partial charge in [-0.1, -0.05) is 48.6 Å². The molecule has 138 valence electrons. The van der Waals surface area contributed by atoms with Gasteiger partial charge in [0.25, 0.3) is 5.91 Å². The molecule has 0 atom stereocenters. The van der Waals surface area contributed by atoms with Crippen molar-refractivity contribution in [2.24, 2.45) is 0 Å². The minimum absolute atomic E-state index is 0.0973. The number of ether oxygens (including phenoxy) is 2. The number of carbonyl (C=O) groups is 1. The molecule has 0 aliphatic carbocycles. The van der Waals surface area contributed by atoms with E-state index < -0.39 is 0 Å². The highest BCUT2D eigenvalue weighted by Crippen LogP contribution is 2.28. The molecular weight excluding hydrogens is 330 g/mol. The van der Waals surface area contributed by atoms with Gasteiger partial charge in [0, 0.05) is 13.1 Å². The Kier molecular flexibility index (Phi) is 7.71. The first kappa shape index (κ1) is 19.5. The van der Waals surface area contributed by atoms with Crippen molar-refractivity contribution in [3.05, 3.63) is 65.7 Å². The van der Waals surface area contributed by atoms with Gasteiger partial charge in [-0.25, -0.2) is 0 Å². The molecule has 0 aliphatic rings. The van der Waals surface area contributed by atoms with Crippen molar-refractivity contribution in [1.82, 2.24) is 4.90 Å². The Labute approximate surface area is 154 Å². The Morgan fingerprint density at radius 1 is 1.15 bits per heavy atom. The summed E-state index contributed by atoms with van der Waals surface area (Å²) in [7, 11) is 1.57. The van der Waals surface area contributed by atoms with Gasteiger partial charge >= 0.3 is 0 Å². The summed E-state index contributed by atoms with van der Waals surface area (Å²) in [6.07, 6.45) is 3.90. The molecule has 5 nitrogen and oxygen atoms in total. The zero-order valence-corrected chi connectivity index (χ0v) is 15.2. The third-order valence-electron chi connectivity index (χ3n) is 3.84. The summed E-state index contributed by atoms with van der Waals surface area (Å²) in [5.74, 6) is 0.894. The molecule has 0 saturated heterocycles. The second-order valence-corrected chi connectivity index (χ2v) is 5.72. The molecule has 0 fully saturated rings. The Morgan fingerprint density at radius 3 is 2.58 bits per heavy atom. The van der Waals surface area contributed by atoms with Gasteiger partial charge in [-0.2, -0.15) is 0 Å². The molecule has 0 spiro atoms. The van der Waals surface area contributed by atoms with Crippen LogP contribution >= 0.6 is 0 Å². The summed E-state index contributed by atoms with van der Waals surface area (Å²) < 4.78 is 11.0. The van der Waals surface area contributed by atoms with Crippen LogP contribution in [0.1, 0.15) is 18.1 Å². The van der Waals surface area contributed by atoms with E-state index in [1.807, 2.05) is 61.5 Å². The van der Waals surface area contributed by atoms with E-state index in [0.717, 1.165) is 11.1 Å². The maximum atomic E-state index is 12.5. The smallest absolute Gasteiger partial charge is 0.260 e. The molecule has 0 aromatic heterocycles. The Hall–Kier alpha value is -2.79. The summed E-state index contributed by atoms with van der Waals surface area (Å²) in [6, 6.07) is 15.2. The molecule has 5 heteroatoms. The molecule has 0 heterocycles. The van der Waals surface area contributed by atoms with Gasteiger partial charge in [-0.05, 0) is 30.2 Å². The highest BCUT2D eigenvalue weighted by molar-refractivity contribution is 5.78. The number of hydrogen-bond acceptors (Lipinski definition) is 4. The Bertz CT molecular complexity index is 728. The van der Waals surface area contributed by atoms with E-state index >= 15 is 0 Å². The third kappa shape index (κ3) is 5.63. The molecule has 2 aromatic rings. The predicted molar refractivity (Wildman–Crippen MR) is 102 cm³/mol. The summed E-state index contributed by atoms with van der Waals surface area (Å²) in [4.78, 5) is 14.1. The van der Waals surface area contributed by atoms with Crippen molar-refractivity contribution < 1.29 is 19.4 Å². The third-order valence-corrected chi connectivity index (χ3v) is 3.84. The molecule has 0 bridgehead atoms. The first-order valence-corrected chi connectivity index (χ1v) is 8.54. The highest BCUT2D eigenvalue weighted by atomic mass is 16.5. The van der Waals surface area contributed by atoms with Gasteiger partial charge in [0.1, 0.15) is 0 Å². The number of amides is 1. The van der Waals surface area contributed by atoms with E-state index in [4.69, 9.17) is 9.47 Å². The average Bonchev–Trinajstić information content (AvgIpc) is 2.67. The second-order valence-electron chi connectivity index (χ2n) is 5.72. The number of rotatable bonds is 9. The van der Waals surface area contributed by atoms with Crippen molar-refractivity contribution in [2.45, 2.75) is 13.5 Å². The van der Waals surface area contributed by atoms with Crippen molar-refractivity contribution in [1.29, 1.82) is 0 Å². The number of nitrogens with zero attached hydrogens (tertiary/aromatic N) is 1. The maximum Gasteiger partial charge on any atom is 0.260 e. The summed E-state index contributed by atoms with van der Waals surface area (Å²) in [5.41, 5.74) is 2.00. The van der Waals surface area contributed by atoms with Crippen LogP contribution in [-0.4, -0.2) is 42.8 Å². The molecule has 26 heavy (non-hydrogen) atoms. The molecule has 0 unspecified atom stereocenters. The molecule has 0 aliphatic heterocycles. The number of allylic oxidation sites excluding steroid dienone is 1. The van der Waals surface area contributed by atoms with Crippen LogP contribution in [0.3, 0.4) is 0 Å². The molecule has 1 N–H and O–H groups in total. The largest absolute Gasteiger partial charge is 0.493 e. The van der Waals surface area contributed by atoms with Crippen molar-refractivity contribution in [3.63, 3.8) is 0 Å². The van der Waals surface area contributed by atoms with E-state index in [9.17, 15) is 9.90 Å². The minimum atomic E-state index is -0.192. The predicted octanol–water partition coefficient (Wildman–Crippen LogP) is 3.13. The van der Waals surface area contributed by atoms with Crippen LogP contribution < -0.4 is 9.47 Å². The highest BCUT2D eigenvalue weighted by Gasteiger charge is 2.15. The van der Waals surface area contributed by atoms with E-state index in [2.05, 4.69) is 0 Å². The maximum absolute atomic E-state index is 12.5. The number of aliphatic hydroxyl groups excluding tert-OH is 1. The fourth-order valence-electron chi connectivity index (χ4n) is 2.55. The van der Waals surface area contributed by atoms with Crippen molar-refractivity contribution in [2.75, 3.05) is 26.9 Å². The van der Waals surface area contributed by atoms with Crippen LogP contribution in [0.2, 0.25) is 0 Å². The van der Waals surface area contributed by atoms with E-state index in [1.165, 1.54) is 0 Å². The second kappa shape index (κ2) is 10.3. The van der Waals surface area contributed by atoms with E-state index in [-0.39, 0.29) is 25.7 Å². The van der Waals surface area contributed by atoms with Crippen molar-refractivity contribution in [3.8, 4) is 11.5 Å². The molecule has 2 aromatic carbocycles. The summed E-state index contributed by atoms with van der Waals surface area (Å²) in [6.45, 7) is 2.42. The zero-order chi connectivity index (χ0) is 18.8. The summed E-state index contributed by atoms with van der Waals surface area (Å²) >= 11 is 0. The van der Waals surface area contributed by atoms with Gasteiger partial charge in [-0.3, -0.25) is 4.79 Å². The topological polar surface area (TPSA) is 59.0 Å². The van der Waals surface area contributed by atoms with Crippen LogP contribution in [0.15, 0.2) is 54.6 Å². The number of carbonyl (C=O) groups excluding carboxylic acids is 1. The van der Waals surface area contributed by atoms with Crippen LogP contribution in [0.5, 0.6) is 11.5 Å². The van der Waals surface area contributed by atoms with Gasteiger partial charge in [0.2, 0.25) is 0 Å². The van der Waals surface area contributed by atoms with Gasteiger partial charge in [0.05, 0.1) is 13.7 Å². The molecule has 0 saturated carbocycles. The quantitative estimate of drug-likeness (QED) is 0.751. The number of benzene rings is 2. The lowest BCUT2D eigenvalue weighted by molar-refractivity contribution is -0.134. The molecule has 2 rings (SSSR count). The lowest BCUT2D eigenvalue weighted by Gasteiger charge is -2.22. The Morgan fingerprint density at radius 2 is 1.92 bits per heavy atom. The fourth-order valence-corrected chi connectivity index (χ4v) is 2.55. The van der Waals surface area contributed by atoms with Gasteiger partial charge < -0.3 is 19.5 Å². The summed E-state index contributed by atoms with van der Waals surface area (Å²) in [5, 5.41) is 9.25.